The lowest BCUT2D eigenvalue weighted by Gasteiger charge is -2.23. The Balaban J connectivity index is 2.02. The predicted octanol–water partition coefficient (Wildman–Crippen LogP) is 0.871. The molecule has 2 nitrogen and oxygen atoms in total. The second-order valence-electron chi connectivity index (χ2n) is 3.55. The normalized spacial score (nSPS) is 32.1. The van der Waals surface area contributed by atoms with Gasteiger partial charge in [0.25, 0.3) is 0 Å². The second-order valence-corrected chi connectivity index (χ2v) is 3.55. The Labute approximate surface area is 62.2 Å². The molecule has 0 radical (unpaired) electrons. The monoisotopic (exact) mass is 141 g/mol. The molecule has 2 rings (SSSR count). The summed E-state index contributed by atoms with van der Waals surface area (Å²) in [5.41, 5.74) is 0.483. The van der Waals surface area contributed by atoms with E-state index >= 15 is 0 Å². The van der Waals surface area contributed by atoms with Crippen molar-refractivity contribution in [3.05, 3.63) is 0 Å². The van der Waals surface area contributed by atoms with Gasteiger partial charge in [-0.25, -0.2) is 0 Å². The minimum absolute atomic E-state index is 0.483. The Morgan fingerprint density at radius 3 is 2.90 bits per heavy atom. The standard InChI is InChI=1S/C8H15NO/c1-9-5-2-6-10-7-8(9)3-4-8/h2-7H2,1H3. The molecule has 1 saturated carbocycles. The Kier molecular flexibility index (Phi) is 1.46. The molecule has 1 spiro atoms. The maximum absolute atomic E-state index is 5.50. The summed E-state index contributed by atoms with van der Waals surface area (Å²) in [5.74, 6) is 0. The average molecular weight is 141 g/mol. The average Bonchev–Trinajstić information content (AvgIpc) is 2.69. The Morgan fingerprint density at radius 2 is 2.20 bits per heavy atom. The smallest absolute Gasteiger partial charge is 0.0650 e. The molecule has 0 unspecified atom stereocenters. The van der Waals surface area contributed by atoms with Crippen molar-refractivity contribution < 1.29 is 4.74 Å². The van der Waals surface area contributed by atoms with Gasteiger partial charge in [0.2, 0.25) is 0 Å². The molecular formula is C8H15NO. The molecular weight excluding hydrogens is 126 g/mol. The number of rotatable bonds is 0. The fourth-order valence-corrected chi connectivity index (χ4v) is 1.68. The topological polar surface area (TPSA) is 12.5 Å². The van der Waals surface area contributed by atoms with Crippen LogP contribution in [0.5, 0.6) is 0 Å². The van der Waals surface area contributed by atoms with E-state index in [4.69, 9.17) is 4.74 Å². The van der Waals surface area contributed by atoms with E-state index < -0.39 is 0 Å². The van der Waals surface area contributed by atoms with Gasteiger partial charge in [0.15, 0.2) is 0 Å². The van der Waals surface area contributed by atoms with Crippen LogP contribution in [0.4, 0.5) is 0 Å². The SMILES string of the molecule is CN1CCCOCC12CC2. The van der Waals surface area contributed by atoms with Crippen LogP contribution >= 0.6 is 0 Å². The van der Waals surface area contributed by atoms with Gasteiger partial charge in [-0.15, -0.1) is 0 Å². The van der Waals surface area contributed by atoms with E-state index in [1.807, 2.05) is 0 Å². The second kappa shape index (κ2) is 2.21. The minimum Gasteiger partial charge on any atom is -0.379 e. The Bertz CT molecular complexity index is 131. The third-order valence-electron chi connectivity index (χ3n) is 2.79. The van der Waals surface area contributed by atoms with Gasteiger partial charge in [-0.3, -0.25) is 4.90 Å². The lowest BCUT2D eigenvalue weighted by Crippen LogP contribution is -2.36. The highest BCUT2D eigenvalue weighted by Crippen LogP contribution is 2.41. The lowest BCUT2D eigenvalue weighted by molar-refractivity contribution is 0.0979. The number of hydrogen-bond donors (Lipinski definition) is 0. The van der Waals surface area contributed by atoms with Crippen molar-refractivity contribution in [3.8, 4) is 0 Å². The summed E-state index contributed by atoms with van der Waals surface area (Å²) < 4.78 is 5.50. The fourth-order valence-electron chi connectivity index (χ4n) is 1.68. The predicted molar refractivity (Wildman–Crippen MR) is 40.0 cm³/mol. The minimum atomic E-state index is 0.483. The molecule has 0 N–H and O–H groups in total. The van der Waals surface area contributed by atoms with Crippen LogP contribution in [0.25, 0.3) is 0 Å². The van der Waals surface area contributed by atoms with E-state index in [0.717, 1.165) is 13.2 Å². The fraction of sp³-hybridized carbons (Fsp3) is 1.00. The van der Waals surface area contributed by atoms with Gasteiger partial charge in [0, 0.05) is 18.7 Å². The van der Waals surface area contributed by atoms with Gasteiger partial charge >= 0.3 is 0 Å². The van der Waals surface area contributed by atoms with Gasteiger partial charge in [-0.2, -0.15) is 0 Å². The van der Waals surface area contributed by atoms with Gasteiger partial charge in [0.05, 0.1) is 6.61 Å². The number of hydrogen-bond acceptors (Lipinski definition) is 2. The van der Waals surface area contributed by atoms with Crippen LogP contribution in [-0.4, -0.2) is 37.2 Å². The van der Waals surface area contributed by atoms with Crippen molar-refractivity contribution >= 4 is 0 Å². The van der Waals surface area contributed by atoms with E-state index in [-0.39, 0.29) is 0 Å². The van der Waals surface area contributed by atoms with Crippen molar-refractivity contribution in [2.45, 2.75) is 24.8 Å². The van der Waals surface area contributed by atoms with Crippen LogP contribution in [0.15, 0.2) is 0 Å². The summed E-state index contributed by atoms with van der Waals surface area (Å²) in [6.45, 7) is 3.16. The molecule has 0 bridgehead atoms. The van der Waals surface area contributed by atoms with Crippen LogP contribution in [0.3, 0.4) is 0 Å². The molecule has 1 aliphatic carbocycles. The Morgan fingerprint density at radius 1 is 1.40 bits per heavy atom. The van der Waals surface area contributed by atoms with Crippen molar-refractivity contribution in [2.75, 3.05) is 26.8 Å². The number of likely N-dealkylation sites (N-methyl/N-ethyl adjacent to an activating group) is 1. The van der Waals surface area contributed by atoms with Crippen molar-refractivity contribution in [1.82, 2.24) is 4.90 Å². The van der Waals surface area contributed by atoms with E-state index in [0.29, 0.717) is 5.54 Å². The molecule has 0 amide bonds. The maximum Gasteiger partial charge on any atom is 0.0650 e. The van der Waals surface area contributed by atoms with Crippen molar-refractivity contribution in [2.24, 2.45) is 0 Å². The van der Waals surface area contributed by atoms with Gasteiger partial charge in [-0.05, 0) is 26.3 Å². The molecule has 58 valence electrons. The molecule has 0 atom stereocenters. The molecule has 0 aromatic rings. The Hall–Kier alpha value is -0.0800. The van der Waals surface area contributed by atoms with Crippen LogP contribution in [0, 0.1) is 0 Å². The van der Waals surface area contributed by atoms with E-state index in [9.17, 15) is 0 Å². The van der Waals surface area contributed by atoms with E-state index in [1.54, 1.807) is 0 Å². The highest BCUT2D eigenvalue weighted by molar-refractivity contribution is 5.03. The lowest BCUT2D eigenvalue weighted by atomic mass is 10.2. The third-order valence-corrected chi connectivity index (χ3v) is 2.79. The quantitative estimate of drug-likeness (QED) is 0.496. The summed E-state index contributed by atoms with van der Waals surface area (Å²) >= 11 is 0. The maximum atomic E-state index is 5.50. The van der Waals surface area contributed by atoms with Crippen LogP contribution in [0.1, 0.15) is 19.3 Å². The molecule has 1 aliphatic heterocycles. The molecule has 2 heteroatoms. The molecule has 1 saturated heterocycles. The molecule has 2 fully saturated rings. The van der Waals surface area contributed by atoms with Gasteiger partial charge in [0.1, 0.15) is 0 Å². The summed E-state index contributed by atoms with van der Waals surface area (Å²) in [6.07, 6.45) is 3.91. The zero-order valence-electron chi connectivity index (χ0n) is 6.60. The summed E-state index contributed by atoms with van der Waals surface area (Å²) in [7, 11) is 2.22. The first-order valence-corrected chi connectivity index (χ1v) is 4.13. The van der Waals surface area contributed by atoms with Crippen molar-refractivity contribution in [3.63, 3.8) is 0 Å². The largest absolute Gasteiger partial charge is 0.379 e. The van der Waals surface area contributed by atoms with Crippen molar-refractivity contribution in [1.29, 1.82) is 0 Å². The van der Waals surface area contributed by atoms with Crippen LogP contribution in [-0.2, 0) is 4.74 Å². The summed E-state index contributed by atoms with van der Waals surface area (Å²) in [4.78, 5) is 2.47. The summed E-state index contributed by atoms with van der Waals surface area (Å²) in [5, 5.41) is 0. The molecule has 0 aromatic heterocycles. The first-order chi connectivity index (χ1) is 4.83. The molecule has 2 aliphatic rings. The number of nitrogens with zero attached hydrogens (tertiary/aromatic N) is 1. The first kappa shape index (κ1) is 6.62. The molecule has 10 heavy (non-hydrogen) atoms. The third kappa shape index (κ3) is 0.956. The van der Waals surface area contributed by atoms with E-state index in [1.165, 1.54) is 25.8 Å². The van der Waals surface area contributed by atoms with E-state index in [2.05, 4.69) is 11.9 Å². The van der Waals surface area contributed by atoms with Gasteiger partial charge < -0.3 is 4.74 Å². The molecule has 1 heterocycles. The van der Waals surface area contributed by atoms with Gasteiger partial charge in [-0.1, -0.05) is 0 Å². The van der Waals surface area contributed by atoms with Crippen LogP contribution in [0.2, 0.25) is 0 Å². The zero-order valence-corrected chi connectivity index (χ0v) is 6.60. The van der Waals surface area contributed by atoms with Crippen LogP contribution < -0.4 is 0 Å². The first-order valence-electron chi connectivity index (χ1n) is 4.13. The zero-order chi connectivity index (χ0) is 7.03. The molecule has 0 aromatic carbocycles. The summed E-state index contributed by atoms with van der Waals surface area (Å²) in [6, 6.07) is 0. The number of ether oxygens (including phenoxy) is 1. The highest BCUT2D eigenvalue weighted by Gasteiger charge is 2.47. The highest BCUT2D eigenvalue weighted by atomic mass is 16.5.